The first-order valence-electron chi connectivity index (χ1n) is 11.3. The van der Waals surface area contributed by atoms with E-state index in [0.29, 0.717) is 28.5 Å². The Labute approximate surface area is 197 Å². The molecule has 5 rings (SSSR count). The number of para-hydroxylation sites is 1. The molecule has 0 unspecified atom stereocenters. The van der Waals surface area contributed by atoms with Gasteiger partial charge in [-0.3, -0.25) is 4.98 Å². The molecule has 7 nitrogen and oxygen atoms in total. The molecule has 172 valence electrons. The minimum absolute atomic E-state index is 0.0349. The summed E-state index contributed by atoms with van der Waals surface area (Å²) in [6.07, 6.45) is 3.35. The first kappa shape index (κ1) is 21.8. The topological polar surface area (TPSA) is 68.6 Å². The number of piperidine rings is 1. The van der Waals surface area contributed by atoms with Crippen molar-refractivity contribution in [3.63, 3.8) is 0 Å². The van der Waals surface area contributed by atoms with Crippen LogP contribution in [0.2, 0.25) is 0 Å². The van der Waals surface area contributed by atoms with E-state index in [9.17, 15) is 4.39 Å². The Bertz CT molecular complexity index is 1370. The Morgan fingerprint density at radius 3 is 2.68 bits per heavy atom. The number of aromatic nitrogens is 3. The minimum atomic E-state index is -0.442. The Morgan fingerprint density at radius 2 is 1.97 bits per heavy atom. The predicted molar refractivity (Wildman–Crippen MR) is 128 cm³/mol. The number of nitrogens with zero attached hydrogens (tertiary/aromatic N) is 5. The number of halogens is 1. The number of anilines is 1. The van der Waals surface area contributed by atoms with Crippen LogP contribution in [0.15, 0.2) is 53.2 Å². The van der Waals surface area contributed by atoms with Gasteiger partial charge in [0.15, 0.2) is 11.5 Å². The highest BCUT2D eigenvalue weighted by atomic mass is 19.1. The monoisotopic (exact) mass is 457 g/mol. The molecule has 0 N–H and O–H groups in total. The van der Waals surface area contributed by atoms with Crippen LogP contribution < -0.4 is 9.64 Å². The molecule has 0 aliphatic carbocycles. The van der Waals surface area contributed by atoms with Crippen LogP contribution in [0.5, 0.6) is 5.75 Å². The number of pyridine rings is 1. The van der Waals surface area contributed by atoms with Crippen LogP contribution in [0.3, 0.4) is 0 Å². The molecule has 0 radical (unpaired) electrons. The first-order chi connectivity index (χ1) is 16.5. The number of hydrogen-bond donors (Lipinski definition) is 0. The Hall–Kier alpha value is -3.99. The molecule has 1 aliphatic heterocycles. The summed E-state index contributed by atoms with van der Waals surface area (Å²) < 4.78 is 26.5. The number of hydrogen-bond acceptors (Lipinski definition) is 6. The SMILES string of the molecule is [C-]#[N+]c1ccc(-c2cccc3c(OC4CCN(c5nc(C(C)C)no5)CC4)ccnc23)c(F)c1. The highest BCUT2D eigenvalue weighted by molar-refractivity contribution is 5.97. The molecule has 0 saturated carbocycles. The van der Waals surface area contributed by atoms with Crippen molar-refractivity contribution < 1.29 is 13.7 Å². The zero-order valence-corrected chi connectivity index (χ0v) is 19.0. The molecular formula is C26H24FN5O2. The van der Waals surface area contributed by atoms with E-state index in [1.165, 1.54) is 6.07 Å². The Morgan fingerprint density at radius 1 is 1.15 bits per heavy atom. The maximum Gasteiger partial charge on any atom is 0.324 e. The number of fused-ring (bicyclic) bond motifs is 1. The minimum Gasteiger partial charge on any atom is -0.490 e. The average Bonchev–Trinajstić information content (AvgIpc) is 3.35. The summed E-state index contributed by atoms with van der Waals surface area (Å²) in [5.41, 5.74) is 2.02. The van der Waals surface area contributed by atoms with Crippen LogP contribution in [0, 0.1) is 12.4 Å². The third kappa shape index (κ3) is 4.17. The molecule has 1 fully saturated rings. The van der Waals surface area contributed by atoms with Crippen molar-refractivity contribution in [1.29, 1.82) is 0 Å². The summed E-state index contributed by atoms with van der Waals surface area (Å²) in [4.78, 5) is 14.4. The van der Waals surface area contributed by atoms with E-state index in [0.717, 1.165) is 37.1 Å². The van der Waals surface area contributed by atoms with Crippen molar-refractivity contribution in [1.82, 2.24) is 15.1 Å². The summed E-state index contributed by atoms with van der Waals surface area (Å²) in [5.74, 6) is 1.22. The van der Waals surface area contributed by atoms with E-state index in [1.54, 1.807) is 18.3 Å². The van der Waals surface area contributed by atoms with Gasteiger partial charge in [-0.05, 0) is 18.2 Å². The lowest BCUT2D eigenvalue weighted by molar-refractivity contribution is 0.170. The van der Waals surface area contributed by atoms with E-state index in [4.69, 9.17) is 15.8 Å². The molecule has 2 aromatic carbocycles. The van der Waals surface area contributed by atoms with Gasteiger partial charge >= 0.3 is 6.01 Å². The lowest BCUT2D eigenvalue weighted by Crippen LogP contribution is -2.38. The summed E-state index contributed by atoms with van der Waals surface area (Å²) in [6, 6.07) is 12.6. The van der Waals surface area contributed by atoms with E-state index in [2.05, 4.69) is 24.9 Å². The van der Waals surface area contributed by atoms with Crippen molar-refractivity contribution in [2.75, 3.05) is 18.0 Å². The van der Waals surface area contributed by atoms with Crippen molar-refractivity contribution in [2.24, 2.45) is 0 Å². The lowest BCUT2D eigenvalue weighted by atomic mass is 10.0. The van der Waals surface area contributed by atoms with Gasteiger partial charge in [-0.1, -0.05) is 43.3 Å². The number of rotatable bonds is 5. The van der Waals surface area contributed by atoms with Gasteiger partial charge < -0.3 is 14.2 Å². The molecule has 2 aromatic heterocycles. The molecule has 1 saturated heterocycles. The van der Waals surface area contributed by atoms with E-state index < -0.39 is 5.82 Å². The van der Waals surface area contributed by atoms with E-state index in [1.807, 2.05) is 38.1 Å². The standard InChI is InChI=1S/C26H24FN5O2/c1-16(2)25-30-26(34-31-25)32-13-10-18(11-14-32)33-23-9-12-29-24-20(5-4-6-21(23)24)19-8-7-17(28-3)15-22(19)27/h4-9,12,15-16,18H,10-11,13-14H2,1-2H3. The molecule has 0 amide bonds. The fourth-order valence-electron chi connectivity index (χ4n) is 4.20. The zero-order chi connectivity index (χ0) is 23.7. The van der Waals surface area contributed by atoms with Gasteiger partial charge in [0.1, 0.15) is 17.7 Å². The number of ether oxygens (including phenoxy) is 1. The van der Waals surface area contributed by atoms with Crippen molar-refractivity contribution in [3.8, 4) is 16.9 Å². The lowest BCUT2D eigenvalue weighted by Gasteiger charge is -2.31. The molecule has 0 spiro atoms. The fourth-order valence-corrected chi connectivity index (χ4v) is 4.20. The van der Waals surface area contributed by atoms with Crippen molar-refractivity contribution in [3.05, 3.63) is 71.7 Å². The predicted octanol–water partition coefficient (Wildman–Crippen LogP) is 6.15. The summed E-state index contributed by atoms with van der Waals surface area (Å²) >= 11 is 0. The van der Waals surface area contributed by atoms with Gasteiger partial charge in [-0.2, -0.15) is 4.98 Å². The second-order valence-electron chi connectivity index (χ2n) is 8.68. The van der Waals surface area contributed by atoms with Gasteiger partial charge in [0.05, 0.1) is 12.1 Å². The third-order valence-electron chi connectivity index (χ3n) is 6.06. The summed E-state index contributed by atoms with van der Waals surface area (Å²) in [6.45, 7) is 12.7. The summed E-state index contributed by atoms with van der Waals surface area (Å²) in [7, 11) is 0. The second kappa shape index (κ2) is 9.10. The van der Waals surface area contributed by atoms with Crippen molar-refractivity contribution >= 4 is 22.6 Å². The van der Waals surface area contributed by atoms with Crippen LogP contribution >= 0.6 is 0 Å². The number of benzene rings is 2. The molecule has 0 atom stereocenters. The largest absolute Gasteiger partial charge is 0.490 e. The van der Waals surface area contributed by atoms with E-state index in [-0.39, 0.29) is 17.7 Å². The maximum atomic E-state index is 14.7. The van der Waals surface area contributed by atoms with Crippen LogP contribution in [-0.4, -0.2) is 34.3 Å². The average molecular weight is 458 g/mol. The van der Waals surface area contributed by atoms with Gasteiger partial charge in [0, 0.05) is 54.6 Å². The first-order valence-corrected chi connectivity index (χ1v) is 11.3. The highest BCUT2D eigenvalue weighted by Gasteiger charge is 2.25. The normalized spacial score (nSPS) is 14.5. The van der Waals surface area contributed by atoms with Crippen LogP contribution in [0.1, 0.15) is 38.4 Å². The Kier molecular flexibility index (Phi) is 5.84. The second-order valence-corrected chi connectivity index (χ2v) is 8.68. The van der Waals surface area contributed by atoms with Gasteiger partial charge in [0.25, 0.3) is 0 Å². The summed E-state index contributed by atoms with van der Waals surface area (Å²) in [5, 5.41) is 4.88. The van der Waals surface area contributed by atoms with E-state index >= 15 is 0 Å². The highest BCUT2D eigenvalue weighted by Crippen LogP contribution is 2.35. The van der Waals surface area contributed by atoms with Crippen molar-refractivity contribution in [2.45, 2.75) is 38.7 Å². The van der Waals surface area contributed by atoms with Crippen LogP contribution in [0.25, 0.3) is 26.9 Å². The Balaban J connectivity index is 1.35. The van der Waals surface area contributed by atoms with Gasteiger partial charge in [-0.25, -0.2) is 9.24 Å². The molecule has 1 aliphatic rings. The third-order valence-corrected chi connectivity index (χ3v) is 6.06. The van der Waals surface area contributed by atoms with Gasteiger partial charge in [-0.15, -0.1) is 0 Å². The van der Waals surface area contributed by atoms with Crippen LogP contribution in [0.4, 0.5) is 16.1 Å². The molecule has 3 heterocycles. The zero-order valence-electron chi connectivity index (χ0n) is 19.0. The molecule has 4 aromatic rings. The molecule has 8 heteroatoms. The smallest absolute Gasteiger partial charge is 0.324 e. The maximum absolute atomic E-state index is 14.7. The molecule has 0 bridgehead atoms. The fraction of sp³-hybridized carbons (Fsp3) is 0.308. The molecule has 34 heavy (non-hydrogen) atoms. The van der Waals surface area contributed by atoms with Gasteiger partial charge in [0.2, 0.25) is 0 Å². The quantitative estimate of drug-likeness (QED) is 0.335. The van der Waals surface area contributed by atoms with Crippen LogP contribution in [-0.2, 0) is 0 Å². The molecular weight excluding hydrogens is 433 g/mol.